The molecular weight excluding hydrogens is 264 g/mol. The number of nitrogens with one attached hydrogen (secondary N) is 1. The van der Waals surface area contributed by atoms with Crippen LogP contribution < -0.4 is 15.8 Å². The molecule has 1 aromatic rings. The number of carbonyl (C=O) groups is 1. The van der Waals surface area contributed by atoms with Gasteiger partial charge in [-0.05, 0) is 55.5 Å². The van der Waals surface area contributed by atoms with Gasteiger partial charge in [0.15, 0.2) is 0 Å². The average Bonchev–Trinajstić information content (AvgIpc) is 2.50. The molecule has 0 saturated heterocycles. The van der Waals surface area contributed by atoms with Crippen molar-refractivity contribution in [2.45, 2.75) is 45.4 Å². The van der Waals surface area contributed by atoms with Crippen molar-refractivity contribution in [1.29, 1.82) is 0 Å². The summed E-state index contributed by atoms with van der Waals surface area (Å²) in [5.41, 5.74) is 7.81. The Labute approximate surface area is 127 Å². The summed E-state index contributed by atoms with van der Waals surface area (Å²) in [5.74, 6) is 0.867. The summed E-state index contributed by atoms with van der Waals surface area (Å²) >= 11 is 0. The molecule has 0 heterocycles. The minimum Gasteiger partial charge on any atom is -0.497 e. The van der Waals surface area contributed by atoms with Gasteiger partial charge in [-0.2, -0.15) is 0 Å². The number of hydrogen-bond donors (Lipinski definition) is 2. The van der Waals surface area contributed by atoms with E-state index in [2.05, 4.69) is 5.32 Å². The predicted molar refractivity (Wildman–Crippen MR) is 85.6 cm³/mol. The third-order valence-corrected chi connectivity index (χ3v) is 4.59. The van der Waals surface area contributed by atoms with Gasteiger partial charge >= 0.3 is 0 Å². The van der Waals surface area contributed by atoms with Crippen LogP contribution in [0.5, 0.6) is 5.75 Å². The summed E-state index contributed by atoms with van der Waals surface area (Å²) < 4.78 is 5.18. The molecule has 1 fully saturated rings. The van der Waals surface area contributed by atoms with Crippen molar-refractivity contribution >= 4 is 11.6 Å². The highest BCUT2D eigenvalue weighted by atomic mass is 16.5. The molecule has 1 saturated carbocycles. The Hall–Kier alpha value is -1.55. The molecule has 3 N–H and O–H groups in total. The van der Waals surface area contributed by atoms with E-state index < -0.39 is 0 Å². The summed E-state index contributed by atoms with van der Waals surface area (Å²) in [6.45, 7) is 2.57. The zero-order valence-electron chi connectivity index (χ0n) is 13.1. The minimum atomic E-state index is 0.00269. The van der Waals surface area contributed by atoms with Gasteiger partial charge in [-0.15, -0.1) is 0 Å². The van der Waals surface area contributed by atoms with Crippen molar-refractivity contribution in [3.63, 3.8) is 0 Å². The van der Waals surface area contributed by atoms with Gasteiger partial charge in [0.25, 0.3) is 0 Å². The number of rotatable bonds is 5. The van der Waals surface area contributed by atoms with Crippen molar-refractivity contribution in [3.05, 3.63) is 23.8 Å². The standard InChI is InChI=1S/C17H26N2O2/c1-13-10-14(21-2)6-7-15(13)19-16(20)11-17(12-18)8-4-3-5-9-17/h6-7,10H,3-5,8-9,11-12,18H2,1-2H3,(H,19,20). The largest absolute Gasteiger partial charge is 0.497 e. The van der Waals surface area contributed by atoms with Crippen molar-refractivity contribution in [1.82, 2.24) is 0 Å². The Morgan fingerprint density at radius 2 is 2.05 bits per heavy atom. The third-order valence-electron chi connectivity index (χ3n) is 4.59. The predicted octanol–water partition coefficient (Wildman–Crippen LogP) is 3.24. The van der Waals surface area contributed by atoms with E-state index >= 15 is 0 Å². The van der Waals surface area contributed by atoms with Crippen LogP contribution in [0.15, 0.2) is 18.2 Å². The molecule has 0 aromatic heterocycles. The number of ether oxygens (including phenoxy) is 1. The fourth-order valence-corrected chi connectivity index (χ4v) is 3.19. The van der Waals surface area contributed by atoms with Crippen LogP contribution in [0.4, 0.5) is 5.69 Å². The van der Waals surface area contributed by atoms with Gasteiger partial charge in [0.2, 0.25) is 5.91 Å². The first-order valence-electron chi connectivity index (χ1n) is 7.73. The lowest BCUT2D eigenvalue weighted by Gasteiger charge is -2.35. The Morgan fingerprint density at radius 3 is 2.62 bits per heavy atom. The molecule has 1 aliphatic rings. The van der Waals surface area contributed by atoms with Gasteiger partial charge < -0.3 is 15.8 Å². The molecule has 0 atom stereocenters. The van der Waals surface area contributed by atoms with E-state index in [1.54, 1.807) is 7.11 Å². The average molecular weight is 290 g/mol. The van der Waals surface area contributed by atoms with Gasteiger partial charge in [-0.1, -0.05) is 19.3 Å². The van der Waals surface area contributed by atoms with Crippen LogP contribution >= 0.6 is 0 Å². The second kappa shape index (κ2) is 6.94. The van der Waals surface area contributed by atoms with Crippen LogP contribution in [0.25, 0.3) is 0 Å². The molecule has 1 aliphatic carbocycles. The van der Waals surface area contributed by atoms with Crippen LogP contribution in [-0.2, 0) is 4.79 Å². The number of anilines is 1. The molecule has 2 rings (SSSR count). The highest BCUT2D eigenvalue weighted by Crippen LogP contribution is 2.38. The summed E-state index contributed by atoms with van der Waals surface area (Å²) in [4.78, 5) is 12.4. The molecule has 116 valence electrons. The molecule has 0 unspecified atom stereocenters. The summed E-state index contributed by atoms with van der Waals surface area (Å²) in [6, 6.07) is 5.68. The zero-order valence-corrected chi connectivity index (χ0v) is 13.1. The molecule has 0 spiro atoms. The van der Waals surface area contributed by atoms with Crippen LogP contribution in [0, 0.1) is 12.3 Å². The maximum atomic E-state index is 12.4. The van der Waals surface area contributed by atoms with Gasteiger partial charge in [0.1, 0.15) is 5.75 Å². The summed E-state index contributed by atoms with van der Waals surface area (Å²) in [5, 5.41) is 3.02. The highest BCUT2D eigenvalue weighted by molar-refractivity contribution is 5.92. The lowest BCUT2D eigenvalue weighted by Crippen LogP contribution is -2.36. The van der Waals surface area contributed by atoms with Crippen molar-refractivity contribution < 1.29 is 9.53 Å². The van der Waals surface area contributed by atoms with Crippen LogP contribution in [-0.4, -0.2) is 19.6 Å². The van der Waals surface area contributed by atoms with E-state index in [4.69, 9.17) is 10.5 Å². The number of carbonyl (C=O) groups excluding carboxylic acids is 1. The molecule has 21 heavy (non-hydrogen) atoms. The smallest absolute Gasteiger partial charge is 0.224 e. The molecule has 0 bridgehead atoms. The first-order valence-corrected chi connectivity index (χ1v) is 7.73. The van der Waals surface area contributed by atoms with E-state index in [9.17, 15) is 4.79 Å². The third kappa shape index (κ3) is 3.97. The first kappa shape index (κ1) is 15.8. The molecule has 4 heteroatoms. The normalized spacial score (nSPS) is 17.3. The summed E-state index contributed by atoms with van der Waals surface area (Å²) in [7, 11) is 1.64. The van der Waals surface area contributed by atoms with E-state index in [1.807, 2.05) is 25.1 Å². The second-order valence-electron chi connectivity index (χ2n) is 6.17. The highest BCUT2D eigenvalue weighted by Gasteiger charge is 2.33. The van der Waals surface area contributed by atoms with Crippen LogP contribution in [0.2, 0.25) is 0 Å². The molecule has 4 nitrogen and oxygen atoms in total. The fraction of sp³-hybridized carbons (Fsp3) is 0.588. The van der Waals surface area contributed by atoms with E-state index in [1.165, 1.54) is 19.3 Å². The molecular formula is C17H26N2O2. The Morgan fingerprint density at radius 1 is 1.33 bits per heavy atom. The number of methoxy groups -OCH3 is 1. The molecule has 0 aliphatic heterocycles. The van der Waals surface area contributed by atoms with Crippen molar-refractivity contribution in [2.75, 3.05) is 19.0 Å². The van der Waals surface area contributed by atoms with Crippen molar-refractivity contribution in [2.24, 2.45) is 11.1 Å². The van der Waals surface area contributed by atoms with Crippen molar-refractivity contribution in [3.8, 4) is 5.75 Å². The maximum Gasteiger partial charge on any atom is 0.224 e. The second-order valence-corrected chi connectivity index (χ2v) is 6.17. The summed E-state index contributed by atoms with van der Waals surface area (Å²) in [6.07, 6.45) is 6.30. The van der Waals surface area contributed by atoms with Crippen LogP contribution in [0.1, 0.15) is 44.1 Å². The monoisotopic (exact) mass is 290 g/mol. The Bertz CT molecular complexity index is 494. The number of benzene rings is 1. The minimum absolute atomic E-state index is 0.00269. The molecule has 0 radical (unpaired) electrons. The topological polar surface area (TPSA) is 64.3 Å². The quantitative estimate of drug-likeness (QED) is 0.875. The number of amides is 1. The van der Waals surface area contributed by atoms with E-state index in [0.717, 1.165) is 29.8 Å². The number of nitrogens with two attached hydrogens (primary N) is 1. The lowest BCUT2D eigenvalue weighted by molar-refractivity contribution is -0.118. The van der Waals surface area contributed by atoms with Gasteiger partial charge in [-0.25, -0.2) is 0 Å². The van der Waals surface area contributed by atoms with Gasteiger partial charge in [-0.3, -0.25) is 4.79 Å². The van der Waals surface area contributed by atoms with E-state index in [0.29, 0.717) is 13.0 Å². The Kier molecular flexibility index (Phi) is 5.23. The van der Waals surface area contributed by atoms with Gasteiger partial charge in [0.05, 0.1) is 7.11 Å². The van der Waals surface area contributed by atoms with Gasteiger partial charge in [0, 0.05) is 12.1 Å². The molecule has 1 aromatic carbocycles. The number of aryl methyl sites for hydroxylation is 1. The van der Waals surface area contributed by atoms with E-state index in [-0.39, 0.29) is 11.3 Å². The number of hydrogen-bond acceptors (Lipinski definition) is 3. The Balaban J connectivity index is 2.00. The fourth-order valence-electron chi connectivity index (χ4n) is 3.19. The molecule has 1 amide bonds. The maximum absolute atomic E-state index is 12.4. The SMILES string of the molecule is COc1ccc(NC(=O)CC2(CN)CCCCC2)c(C)c1. The lowest BCUT2D eigenvalue weighted by atomic mass is 9.71. The first-order chi connectivity index (χ1) is 10.1. The zero-order chi connectivity index (χ0) is 15.3. The van der Waals surface area contributed by atoms with Crippen LogP contribution in [0.3, 0.4) is 0 Å².